The van der Waals surface area contributed by atoms with E-state index in [1.54, 1.807) is 0 Å². The van der Waals surface area contributed by atoms with Crippen LogP contribution in [0.3, 0.4) is 0 Å². The molecule has 0 N–H and O–H groups in total. The maximum absolute atomic E-state index is 10.0. The third kappa shape index (κ3) is 1.94. The maximum Gasteiger partial charge on any atom is 0.0680 e. The van der Waals surface area contributed by atoms with E-state index < -0.39 is 0 Å². The van der Waals surface area contributed by atoms with Crippen molar-refractivity contribution in [1.29, 1.82) is 0 Å². The molecule has 1 aliphatic heterocycles. The van der Waals surface area contributed by atoms with E-state index in [2.05, 4.69) is 41.2 Å². The van der Waals surface area contributed by atoms with Crippen molar-refractivity contribution in [3.05, 3.63) is 35.9 Å². The molecule has 5 heteroatoms. The van der Waals surface area contributed by atoms with Crippen LogP contribution in [0.15, 0.2) is 40.2 Å². The summed E-state index contributed by atoms with van der Waals surface area (Å²) in [5.74, 6) is 0. The van der Waals surface area contributed by atoms with Crippen molar-refractivity contribution in [1.82, 2.24) is 0 Å². The van der Waals surface area contributed by atoms with E-state index in [1.165, 1.54) is 5.56 Å². The minimum Gasteiger partial charge on any atom is -0.691 e. The van der Waals surface area contributed by atoms with Crippen LogP contribution in [-0.2, 0) is 14.8 Å². The van der Waals surface area contributed by atoms with Crippen LogP contribution in [0.5, 0.6) is 0 Å². The molecule has 0 unspecified atom stereocenters. The summed E-state index contributed by atoms with van der Waals surface area (Å²) in [5.41, 5.74) is 3.26. The fraction of sp³-hybridized carbons (Fsp3) is 0.267. The van der Waals surface area contributed by atoms with E-state index in [0.717, 1.165) is 39.1 Å². The highest BCUT2D eigenvalue weighted by atomic mass is 32.2. The van der Waals surface area contributed by atoms with Crippen LogP contribution in [0.25, 0.3) is 10.8 Å². The van der Waals surface area contributed by atoms with Crippen molar-refractivity contribution >= 4 is 34.2 Å². The molecule has 0 aliphatic carbocycles. The zero-order valence-electron chi connectivity index (χ0n) is 11.5. The highest BCUT2D eigenvalue weighted by Crippen LogP contribution is 2.45. The second-order valence-electron chi connectivity index (χ2n) is 5.35. The minimum absolute atomic E-state index is 0.0893. The highest BCUT2D eigenvalue weighted by molar-refractivity contribution is 7.94. The van der Waals surface area contributed by atoms with Crippen molar-refractivity contribution in [3.8, 4) is 0 Å². The zero-order chi connectivity index (χ0) is 14.3. The Balaban J connectivity index is 2.23. The fourth-order valence-electron chi connectivity index (χ4n) is 2.69. The summed E-state index contributed by atoms with van der Waals surface area (Å²) in [6, 6.07) is 9.93. The molecule has 0 aromatic heterocycles. The maximum atomic E-state index is 10.0. The van der Waals surface area contributed by atoms with E-state index in [4.69, 9.17) is 0 Å². The van der Waals surface area contributed by atoms with Gasteiger partial charge in [0.2, 0.25) is 0 Å². The minimum atomic E-state index is -0.0893. The predicted molar refractivity (Wildman–Crippen MR) is 77.8 cm³/mol. The van der Waals surface area contributed by atoms with E-state index in [0.29, 0.717) is 0 Å². The van der Waals surface area contributed by atoms with Gasteiger partial charge in [-0.05, 0) is 35.4 Å². The number of hydrogen-bond donors (Lipinski definition) is 0. The first-order chi connectivity index (χ1) is 9.55. The third-order valence-corrected chi connectivity index (χ3v) is 4.63. The van der Waals surface area contributed by atoms with E-state index >= 15 is 0 Å². The van der Waals surface area contributed by atoms with E-state index in [-0.39, 0.29) is 5.41 Å². The number of hydrogen-bond acceptors (Lipinski definition) is 5. The molecule has 0 atom stereocenters. The normalized spacial score (nSPS) is 16.3. The molecule has 1 aliphatic rings. The van der Waals surface area contributed by atoms with Crippen LogP contribution in [-0.4, -0.2) is 5.71 Å². The molecule has 4 nitrogen and oxygen atoms in total. The molecule has 0 saturated heterocycles. The first-order valence-corrected chi connectivity index (χ1v) is 7.05. The first-order valence-electron chi connectivity index (χ1n) is 6.31. The van der Waals surface area contributed by atoms with Gasteiger partial charge in [-0.15, -0.1) is 0 Å². The summed E-state index contributed by atoms with van der Waals surface area (Å²) in [4.78, 5) is 5.50. The lowest BCUT2D eigenvalue weighted by Crippen LogP contribution is -2.22. The first kappa shape index (κ1) is 13.6. The molecule has 3 rings (SSSR count). The Morgan fingerprint density at radius 2 is 1.95 bits per heavy atom. The summed E-state index contributed by atoms with van der Waals surface area (Å²) < 4.78 is 4.45. The van der Waals surface area contributed by atoms with Gasteiger partial charge in [-0.2, -0.15) is 4.33 Å². The lowest BCUT2D eigenvalue weighted by Gasteiger charge is -2.22. The van der Waals surface area contributed by atoms with Crippen molar-refractivity contribution in [2.45, 2.75) is 31.1 Å². The summed E-state index contributed by atoms with van der Waals surface area (Å²) in [5, 5.41) is 15.6. The van der Waals surface area contributed by atoms with Crippen LogP contribution in [0.2, 0.25) is 0 Å². The molecule has 1 heterocycles. The van der Waals surface area contributed by atoms with E-state index in [1.807, 2.05) is 24.3 Å². The quantitative estimate of drug-likeness (QED) is 0.493. The predicted octanol–water partition coefficient (Wildman–Crippen LogP) is 3.45. The molecular formula is C15H14NO3S-. The summed E-state index contributed by atoms with van der Waals surface area (Å²) >= 11 is 0.924. The molecule has 0 spiro atoms. The molecule has 104 valence electrons. The molecule has 20 heavy (non-hydrogen) atoms. The second-order valence-corrected chi connectivity index (χ2v) is 6.10. The molecule has 0 saturated carbocycles. The lowest BCUT2D eigenvalue weighted by atomic mass is 9.80. The highest BCUT2D eigenvalue weighted by Gasteiger charge is 2.33. The van der Waals surface area contributed by atoms with Crippen LogP contribution < -0.4 is 5.26 Å². The van der Waals surface area contributed by atoms with Gasteiger partial charge in [0.15, 0.2) is 0 Å². The number of nitrogens with zero attached hydrogens (tertiary/aromatic N) is 1. The summed E-state index contributed by atoms with van der Waals surface area (Å²) in [7, 11) is 0. The molecule has 0 bridgehead atoms. The van der Waals surface area contributed by atoms with Crippen LogP contribution in [0.4, 0.5) is 5.69 Å². The molecular weight excluding hydrogens is 274 g/mol. The van der Waals surface area contributed by atoms with Crippen LogP contribution >= 0.6 is 12.0 Å². The van der Waals surface area contributed by atoms with E-state index in [9.17, 15) is 5.26 Å². The Kier molecular flexibility index (Phi) is 3.30. The van der Waals surface area contributed by atoms with Gasteiger partial charge < -0.3 is 5.26 Å². The van der Waals surface area contributed by atoms with Crippen LogP contribution in [0, 0.1) is 0 Å². The Morgan fingerprint density at radius 3 is 2.70 bits per heavy atom. The smallest absolute Gasteiger partial charge is 0.0680 e. The Labute approximate surface area is 121 Å². The third-order valence-electron chi connectivity index (χ3n) is 3.97. The van der Waals surface area contributed by atoms with Gasteiger partial charge in [0, 0.05) is 16.0 Å². The van der Waals surface area contributed by atoms with Gasteiger partial charge in [-0.1, -0.05) is 32.0 Å². The zero-order valence-corrected chi connectivity index (χ0v) is 12.3. The van der Waals surface area contributed by atoms with Gasteiger partial charge in [0.1, 0.15) is 0 Å². The van der Waals surface area contributed by atoms with Crippen molar-refractivity contribution < 1.29 is 14.6 Å². The lowest BCUT2D eigenvalue weighted by molar-refractivity contribution is -0.777. The standard InChI is InChI=1S/C15H15NO3S/c1-9-15(2,3)14-11-5-4-6-13(20-19-18-17)10(11)7-8-12(14)16-9/h4-8,17H,1-3H3/p-1. The topological polar surface area (TPSA) is 53.9 Å². The molecule has 2 aromatic carbocycles. The molecule has 2 aromatic rings. The average Bonchev–Trinajstić information content (AvgIpc) is 2.67. The number of benzene rings is 2. The Morgan fingerprint density at radius 1 is 1.15 bits per heavy atom. The second kappa shape index (κ2) is 4.86. The van der Waals surface area contributed by atoms with Crippen molar-refractivity contribution in [2.24, 2.45) is 4.99 Å². The van der Waals surface area contributed by atoms with Gasteiger partial charge >= 0.3 is 0 Å². The Bertz CT molecular complexity index is 710. The molecule has 0 amide bonds. The number of aliphatic imine (C=N–C) groups is 1. The molecule has 0 radical (unpaired) electrons. The number of fused-ring (bicyclic) bond motifs is 3. The summed E-state index contributed by atoms with van der Waals surface area (Å²) in [6.45, 7) is 6.40. The van der Waals surface area contributed by atoms with Gasteiger partial charge in [-0.3, -0.25) is 10.0 Å². The summed E-state index contributed by atoms with van der Waals surface area (Å²) in [6.07, 6.45) is 0. The largest absolute Gasteiger partial charge is 0.691 e. The van der Waals surface area contributed by atoms with Crippen molar-refractivity contribution in [2.75, 3.05) is 0 Å². The Hall–Kier alpha value is -1.40. The molecule has 0 fully saturated rings. The fourth-order valence-corrected chi connectivity index (χ4v) is 3.20. The average molecular weight is 288 g/mol. The number of rotatable bonds is 3. The van der Waals surface area contributed by atoms with Gasteiger partial charge in [-0.25, -0.2) is 0 Å². The van der Waals surface area contributed by atoms with Crippen LogP contribution in [0.1, 0.15) is 26.3 Å². The SMILES string of the molecule is CC1=Nc2ccc3c(SOO[O-])cccc3c2C1(C)C. The van der Waals surface area contributed by atoms with Gasteiger partial charge in [0.05, 0.1) is 17.7 Å². The van der Waals surface area contributed by atoms with Crippen molar-refractivity contribution in [3.63, 3.8) is 0 Å². The monoisotopic (exact) mass is 288 g/mol. The van der Waals surface area contributed by atoms with Gasteiger partial charge in [0.25, 0.3) is 0 Å².